The van der Waals surface area contributed by atoms with Gasteiger partial charge in [0.1, 0.15) is 29.2 Å². The average molecular weight is 803 g/mol. The van der Waals surface area contributed by atoms with E-state index in [9.17, 15) is 41.9 Å². The topological polar surface area (TPSA) is 201 Å². The standard InChI is InChI=1S/C41H43FN4O10S/c1-4-55-39(51)33(48)21-32(47)27-9-7-8-24(18-27)22-44-40(52)41(16-5-6-17-41)45-35(49)23-46(57(3,53)54)31-20-34-30(19-29(31)25-10-11-25)36(38(50)43-2)37(56-34)26-12-14-28(42)15-13-26/h7-9,12-15,18-21,25,48H,4-6,10-11,16-17,22-23H2,1-3H3,(H,43,50)(H,44,52)(H,45,49). The Kier molecular flexibility index (Phi) is 11.8. The van der Waals surface area contributed by atoms with Crippen LogP contribution in [0.15, 0.2) is 76.9 Å². The van der Waals surface area contributed by atoms with Crippen LogP contribution in [0.25, 0.3) is 22.3 Å². The third kappa shape index (κ3) is 9.01. The molecule has 1 aromatic heterocycles. The molecule has 0 aliphatic heterocycles. The van der Waals surface area contributed by atoms with Gasteiger partial charge in [0.25, 0.3) is 5.91 Å². The summed E-state index contributed by atoms with van der Waals surface area (Å²) in [6, 6.07) is 14.9. The van der Waals surface area contributed by atoms with Gasteiger partial charge in [-0.3, -0.25) is 23.5 Å². The lowest BCUT2D eigenvalue weighted by Crippen LogP contribution is -2.58. The van der Waals surface area contributed by atoms with Crippen LogP contribution in [0.4, 0.5) is 10.1 Å². The van der Waals surface area contributed by atoms with Crippen molar-refractivity contribution in [2.45, 2.75) is 63.5 Å². The maximum absolute atomic E-state index is 13.9. The SMILES string of the molecule is CCOC(=O)C(O)=CC(=O)c1cccc(CNC(=O)C2(NC(=O)CN(c3cc4oc(-c5ccc(F)cc5)c(C(=O)NC)c4cc3C3CC3)S(C)(=O)=O)CCCC2)c1. The van der Waals surface area contributed by atoms with Crippen molar-refractivity contribution in [3.63, 3.8) is 0 Å². The molecule has 0 saturated heterocycles. The van der Waals surface area contributed by atoms with E-state index in [-0.39, 0.29) is 47.2 Å². The van der Waals surface area contributed by atoms with E-state index in [1.54, 1.807) is 25.1 Å². The lowest BCUT2D eigenvalue weighted by atomic mass is 9.95. The van der Waals surface area contributed by atoms with Crippen LogP contribution in [0.1, 0.15) is 83.2 Å². The van der Waals surface area contributed by atoms with Gasteiger partial charge in [-0.1, -0.05) is 31.0 Å². The minimum atomic E-state index is -4.10. The number of allylic oxidation sites excluding steroid dienone is 1. The summed E-state index contributed by atoms with van der Waals surface area (Å²) in [5.41, 5.74) is 0.984. The molecular weight excluding hydrogens is 760 g/mol. The number of anilines is 1. The Bertz CT molecular complexity index is 2380. The van der Waals surface area contributed by atoms with Crippen molar-refractivity contribution in [2.75, 3.05) is 30.8 Å². The average Bonchev–Trinajstić information content (AvgIpc) is 3.80. The number of ether oxygens (including phenoxy) is 1. The molecule has 2 aliphatic carbocycles. The number of hydrogen-bond acceptors (Lipinski definition) is 10. The van der Waals surface area contributed by atoms with Crippen LogP contribution in [-0.2, 0) is 35.7 Å². The highest BCUT2D eigenvalue weighted by atomic mass is 32.2. The molecule has 1 heterocycles. The Hall–Kier alpha value is -6.03. The Balaban J connectivity index is 1.24. The van der Waals surface area contributed by atoms with Gasteiger partial charge >= 0.3 is 5.97 Å². The van der Waals surface area contributed by atoms with Crippen LogP contribution in [0, 0.1) is 5.82 Å². The molecule has 0 spiro atoms. The molecule has 2 saturated carbocycles. The number of ketones is 1. The van der Waals surface area contributed by atoms with Crippen LogP contribution < -0.4 is 20.3 Å². The lowest BCUT2D eigenvalue weighted by molar-refractivity contribution is -0.141. The summed E-state index contributed by atoms with van der Waals surface area (Å²) >= 11 is 0. The van der Waals surface area contributed by atoms with E-state index in [0.29, 0.717) is 47.8 Å². The number of nitrogens with zero attached hydrogens (tertiary/aromatic N) is 1. The number of aliphatic hydroxyl groups is 1. The van der Waals surface area contributed by atoms with Crippen LogP contribution >= 0.6 is 0 Å². The second kappa shape index (κ2) is 16.6. The van der Waals surface area contributed by atoms with Crippen LogP contribution in [0.5, 0.6) is 0 Å². The third-order valence-corrected chi connectivity index (χ3v) is 11.2. The summed E-state index contributed by atoms with van der Waals surface area (Å²) in [4.78, 5) is 65.3. The van der Waals surface area contributed by atoms with E-state index >= 15 is 0 Å². The second-order valence-corrected chi connectivity index (χ2v) is 16.1. The number of esters is 1. The van der Waals surface area contributed by atoms with Crippen molar-refractivity contribution >= 4 is 56.2 Å². The van der Waals surface area contributed by atoms with Gasteiger partial charge in [0.15, 0.2) is 5.78 Å². The maximum Gasteiger partial charge on any atom is 0.373 e. The summed E-state index contributed by atoms with van der Waals surface area (Å²) in [7, 11) is -2.63. The van der Waals surface area contributed by atoms with Crippen LogP contribution in [0.3, 0.4) is 0 Å². The molecule has 6 rings (SSSR count). The highest BCUT2D eigenvalue weighted by Gasteiger charge is 2.43. The first-order valence-corrected chi connectivity index (χ1v) is 20.4. The fraction of sp³-hybridized carbons (Fsp3) is 0.341. The number of benzene rings is 3. The number of sulfonamides is 1. The van der Waals surface area contributed by atoms with Gasteiger partial charge in [-0.25, -0.2) is 17.6 Å². The lowest BCUT2D eigenvalue weighted by Gasteiger charge is -2.31. The largest absolute Gasteiger partial charge is 0.502 e. The number of nitrogens with one attached hydrogen (secondary N) is 3. The number of amides is 3. The van der Waals surface area contributed by atoms with Gasteiger partial charge in [0.2, 0.25) is 27.6 Å². The van der Waals surface area contributed by atoms with Gasteiger partial charge < -0.3 is 30.2 Å². The molecule has 2 aliphatic rings. The summed E-state index contributed by atoms with van der Waals surface area (Å²) < 4.78 is 52.6. The molecule has 14 nitrogen and oxygen atoms in total. The summed E-state index contributed by atoms with van der Waals surface area (Å²) in [6.07, 6.45) is 5.13. The molecule has 0 bridgehead atoms. The molecular formula is C41H43FN4O10S. The molecule has 4 N–H and O–H groups in total. The van der Waals surface area contributed by atoms with Gasteiger partial charge in [-0.05, 0) is 86.1 Å². The predicted molar refractivity (Wildman–Crippen MR) is 208 cm³/mol. The third-order valence-electron chi connectivity index (χ3n) is 10.1. The van der Waals surface area contributed by atoms with Crippen molar-refractivity contribution in [2.24, 2.45) is 0 Å². The van der Waals surface area contributed by atoms with Crippen molar-refractivity contribution in [1.29, 1.82) is 0 Å². The minimum Gasteiger partial charge on any atom is -0.502 e. The molecule has 300 valence electrons. The Morgan fingerprint density at radius 2 is 1.74 bits per heavy atom. The van der Waals surface area contributed by atoms with E-state index in [0.717, 1.165) is 29.5 Å². The van der Waals surface area contributed by atoms with Gasteiger partial charge in [0.05, 0.1) is 24.1 Å². The number of carbonyl (C=O) groups is 5. The minimum absolute atomic E-state index is 0.0192. The predicted octanol–water partition coefficient (Wildman–Crippen LogP) is 5.18. The Labute approximate surface area is 328 Å². The molecule has 2 fully saturated rings. The highest BCUT2D eigenvalue weighted by molar-refractivity contribution is 7.92. The van der Waals surface area contributed by atoms with Crippen LogP contribution in [0.2, 0.25) is 0 Å². The van der Waals surface area contributed by atoms with Gasteiger partial charge in [-0.2, -0.15) is 0 Å². The zero-order chi connectivity index (χ0) is 41.1. The number of carbonyl (C=O) groups excluding carboxylic acids is 5. The van der Waals surface area contributed by atoms with E-state index in [1.165, 1.54) is 49.5 Å². The first-order valence-electron chi connectivity index (χ1n) is 18.5. The monoisotopic (exact) mass is 802 g/mol. The van der Waals surface area contributed by atoms with E-state index in [2.05, 4.69) is 16.0 Å². The smallest absolute Gasteiger partial charge is 0.373 e. The maximum atomic E-state index is 13.9. The quantitative estimate of drug-likeness (QED) is 0.0538. The van der Waals surface area contributed by atoms with Crippen LogP contribution in [-0.4, -0.2) is 75.0 Å². The van der Waals surface area contributed by atoms with Crippen molar-refractivity contribution < 1.29 is 51.0 Å². The van der Waals surface area contributed by atoms with Gasteiger partial charge in [0, 0.05) is 42.2 Å². The molecule has 4 aromatic rings. The molecule has 0 radical (unpaired) electrons. The van der Waals surface area contributed by atoms with E-state index < -0.39 is 63.2 Å². The van der Waals surface area contributed by atoms with Crippen molar-refractivity contribution in [3.8, 4) is 11.3 Å². The fourth-order valence-corrected chi connectivity index (χ4v) is 7.97. The molecule has 3 aromatic carbocycles. The van der Waals surface area contributed by atoms with E-state index in [1.807, 2.05) is 0 Å². The second-order valence-electron chi connectivity index (χ2n) is 14.2. The fourth-order valence-electron chi connectivity index (χ4n) is 7.10. The Morgan fingerprint density at radius 3 is 2.37 bits per heavy atom. The first-order chi connectivity index (χ1) is 27.1. The summed E-state index contributed by atoms with van der Waals surface area (Å²) in [6.45, 7) is 0.908. The highest BCUT2D eigenvalue weighted by Crippen LogP contribution is 2.48. The molecule has 0 unspecified atom stereocenters. The molecule has 16 heteroatoms. The number of aliphatic hydroxyl groups excluding tert-OH is 1. The molecule has 57 heavy (non-hydrogen) atoms. The van der Waals surface area contributed by atoms with Crippen molar-refractivity contribution in [1.82, 2.24) is 16.0 Å². The molecule has 0 atom stereocenters. The summed E-state index contributed by atoms with van der Waals surface area (Å²) in [5, 5.41) is 18.6. The zero-order valence-electron chi connectivity index (χ0n) is 31.6. The van der Waals surface area contributed by atoms with Gasteiger partial charge in [-0.15, -0.1) is 0 Å². The number of fused-ring (bicyclic) bond motifs is 1. The van der Waals surface area contributed by atoms with E-state index in [4.69, 9.17) is 9.15 Å². The number of furan rings is 1. The Morgan fingerprint density at radius 1 is 1.04 bits per heavy atom. The molecule has 3 amide bonds. The normalized spacial score (nSPS) is 15.2. The number of rotatable bonds is 15. The number of hydrogen-bond donors (Lipinski definition) is 4. The first kappa shape index (κ1) is 40.6. The zero-order valence-corrected chi connectivity index (χ0v) is 32.5. The summed E-state index contributed by atoms with van der Waals surface area (Å²) in [5.74, 6) is -4.52. The van der Waals surface area contributed by atoms with Crippen molar-refractivity contribution in [3.05, 3.63) is 101 Å². The number of halogens is 1.